The normalized spacial score (nSPS) is 17.4. The third kappa shape index (κ3) is 4.48. The van der Waals surface area contributed by atoms with Crippen molar-refractivity contribution in [1.29, 1.82) is 5.41 Å². The topological polar surface area (TPSA) is 83.0 Å². The Hall–Kier alpha value is -3.65. The maximum Gasteiger partial charge on any atom is 0.283 e. The van der Waals surface area contributed by atoms with Crippen LogP contribution in [-0.2, 0) is 11.3 Å². The number of rotatable bonds is 8. The second kappa shape index (κ2) is 10.1. The Balaban J connectivity index is 1.41. The number of benzene rings is 2. The van der Waals surface area contributed by atoms with E-state index in [9.17, 15) is 4.79 Å². The van der Waals surface area contributed by atoms with Crippen LogP contribution in [0.2, 0.25) is 0 Å². The number of aliphatic imine (C=N–C) groups is 1. The van der Waals surface area contributed by atoms with E-state index in [1.165, 1.54) is 22.3 Å². The Labute approximate surface area is 215 Å². The van der Waals surface area contributed by atoms with Crippen molar-refractivity contribution in [2.45, 2.75) is 46.1 Å². The number of amidine groups is 2. The molecule has 1 aromatic heterocycles. The number of nitrogens with zero attached hydrogens (tertiary/aromatic N) is 4. The zero-order chi connectivity index (χ0) is 25.2. The first-order valence-electron chi connectivity index (χ1n) is 12.3. The van der Waals surface area contributed by atoms with E-state index in [-0.39, 0.29) is 11.4 Å². The number of hydrogen-bond donors (Lipinski definition) is 1. The van der Waals surface area contributed by atoms with E-state index in [1.807, 2.05) is 43.5 Å². The molecule has 1 atom stereocenters. The van der Waals surface area contributed by atoms with Crippen LogP contribution in [0.1, 0.15) is 50.7 Å². The molecule has 1 amide bonds. The Morgan fingerprint density at radius 3 is 2.72 bits per heavy atom. The lowest BCUT2D eigenvalue weighted by Crippen LogP contribution is -2.35. The highest BCUT2D eigenvalue weighted by Crippen LogP contribution is 2.31. The average molecular weight is 500 g/mol. The molecule has 0 fully saturated rings. The number of para-hydroxylation sites is 2. The number of nitrogens with one attached hydrogen (secondary N) is 1. The molecule has 2 aliphatic heterocycles. The van der Waals surface area contributed by atoms with E-state index in [0.29, 0.717) is 24.2 Å². The summed E-state index contributed by atoms with van der Waals surface area (Å²) in [6.07, 6.45) is 5.56. The summed E-state index contributed by atoms with van der Waals surface area (Å²) in [7, 11) is 0. The Kier molecular flexibility index (Phi) is 6.78. The minimum Gasteiger partial charge on any atom is -0.491 e. The summed E-state index contributed by atoms with van der Waals surface area (Å²) in [6.45, 7) is 7.56. The molecular weight excluding hydrogens is 470 g/mol. The zero-order valence-corrected chi connectivity index (χ0v) is 21.5. The highest BCUT2D eigenvalue weighted by atomic mass is 32.2. The van der Waals surface area contributed by atoms with Crippen molar-refractivity contribution in [3.63, 3.8) is 0 Å². The maximum absolute atomic E-state index is 12.8. The lowest BCUT2D eigenvalue weighted by Gasteiger charge is -2.20. The van der Waals surface area contributed by atoms with Crippen molar-refractivity contribution in [3.8, 4) is 5.75 Å². The van der Waals surface area contributed by atoms with Gasteiger partial charge in [-0.15, -0.1) is 0 Å². The van der Waals surface area contributed by atoms with Gasteiger partial charge in [0.15, 0.2) is 5.84 Å². The standard InChI is InChI=1S/C28H29N5O2S/c1-4-18(3)20-10-7-9-13-24(20)35-15-14-32-17-19(21-11-6-8-12-23(21)32)16-22-26(29)33-28(30-27(22)34)36-25(5-2)31-33/h6-13,16-18,29H,4-5,14-15H2,1-3H3/b22-16+,29-26?/t18-/m0/s1. The number of thioether (sulfide) groups is 1. The van der Waals surface area contributed by atoms with Crippen molar-refractivity contribution in [2.75, 3.05) is 6.61 Å². The second-order valence-electron chi connectivity index (χ2n) is 8.86. The molecule has 184 valence electrons. The summed E-state index contributed by atoms with van der Waals surface area (Å²) in [5, 5.41) is 16.8. The van der Waals surface area contributed by atoms with Gasteiger partial charge in [0.2, 0.25) is 5.17 Å². The van der Waals surface area contributed by atoms with Crippen LogP contribution < -0.4 is 4.74 Å². The molecule has 0 radical (unpaired) electrons. The quantitative estimate of drug-likeness (QED) is 0.371. The van der Waals surface area contributed by atoms with Gasteiger partial charge in [-0.1, -0.05) is 57.2 Å². The fourth-order valence-electron chi connectivity index (χ4n) is 4.40. The van der Waals surface area contributed by atoms with E-state index >= 15 is 0 Å². The SMILES string of the molecule is CCC1=NN2C(=N)/C(=C\c3cn(CCOc4ccccc4[C@@H](C)CC)c4ccccc34)C(=O)N=C2S1. The lowest BCUT2D eigenvalue weighted by atomic mass is 9.98. The first-order valence-corrected chi connectivity index (χ1v) is 13.1. The molecule has 5 rings (SSSR count). The number of hydrazone groups is 1. The van der Waals surface area contributed by atoms with Gasteiger partial charge < -0.3 is 9.30 Å². The molecule has 0 aliphatic carbocycles. The minimum absolute atomic E-state index is 0.0581. The smallest absolute Gasteiger partial charge is 0.283 e. The number of fused-ring (bicyclic) bond motifs is 2. The zero-order valence-electron chi connectivity index (χ0n) is 20.7. The number of aromatic nitrogens is 1. The summed E-state index contributed by atoms with van der Waals surface area (Å²) in [6, 6.07) is 16.3. The van der Waals surface area contributed by atoms with Crippen LogP contribution >= 0.6 is 11.8 Å². The molecule has 0 saturated carbocycles. The fourth-order valence-corrected chi connectivity index (χ4v) is 5.22. The number of ether oxygens (including phenoxy) is 1. The molecule has 2 aromatic carbocycles. The number of carbonyl (C=O) groups excluding carboxylic acids is 1. The van der Waals surface area contributed by atoms with E-state index in [4.69, 9.17) is 10.1 Å². The predicted molar refractivity (Wildman–Crippen MR) is 148 cm³/mol. The highest BCUT2D eigenvalue weighted by Gasteiger charge is 2.35. The molecule has 36 heavy (non-hydrogen) atoms. The van der Waals surface area contributed by atoms with E-state index in [0.717, 1.165) is 40.1 Å². The van der Waals surface area contributed by atoms with Gasteiger partial charge in [0.25, 0.3) is 5.91 Å². The highest BCUT2D eigenvalue weighted by molar-refractivity contribution is 8.26. The van der Waals surface area contributed by atoms with Gasteiger partial charge in [-0.2, -0.15) is 15.1 Å². The van der Waals surface area contributed by atoms with Gasteiger partial charge in [0, 0.05) is 22.7 Å². The maximum atomic E-state index is 12.8. The van der Waals surface area contributed by atoms with Crippen molar-refractivity contribution < 1.29 is 9.53 Å². The van der Waals surface area contributed by atoms with Crippen LogP contribution in [0, 0.1) is 5.41 Å². The number of hydrogen-bond acceptors (Lipinski definition) is 5. The summed E-state index contributed by atoms with van der Waals surface area (Å²) < 4.78 is 8.35. The molecule has 8 heteroatoms. The van der Waals surface area contributed by atoms with Crippen molar-refractivity contribution in [3.05, 3.63) is 71.4 Å². The molecule has 3 aromatic rings. The Morgan fingerprint density at radius 1 is 1.14 bits per heavy atom. The molecule has 0 saturated heterocycles. The molecule has 0 unspecified atom stereocenters. The fraction of sp³-hybridized carbons (Fsp3) is 0.286. The first-order chi connectivity index (χ1) is 17.5. The molecule has 3 heterocycles. The van der Waals surface area contributed by atoms with Gasteiger partial charge in [-0.05, 0) is 54.3 Å². The molecule has 0 spiro atoms. The van der Waals surface area contributed by atoms with E-state index in [1.54, 1.807) is 6.08 Å². The van der Waals surface area contributed by atoms with Crippen LogP contribution in [0.15, 0.2) is 70.4 Å². The van der Waals surface area contributed by atoms with Gasteiger partial charge in [-0.3, -0.25) is 10.2 Å². The van der Waals surface area contributed by atoms with E-state index in [2.05, 4.69) is 46.7 Å². The summed E-state index contributed by atoms with van der Waals surface area (Å²) in [5.41, 5.74) is 3.38. The van der Waals surface area contributed by atoms with Crippen LogP contribution in [0.4, 0.5) is 0 Å². The van der Waals surface area contributed by atoms with Crippen molar-refractivity contribution in [1.82, 2.24) is 9.58 Å². The monoisotopic (exact) mass is 499 g/mol. The number of amides is 1. The van der Waals surface area contributed by atoms with Crippen LogP contribution in [0.3, 0.4) is 0 Å². The lowest BCUT2D eigenvalue weighted by molar-refractivity contribution is -0.114. The van der Waals surface area contributed by atoms with Gasteiger partial charge in [0.05, 0.1) is 12.1 Å². The molecule has 7 nitrogen and oxygen atoms in total. The molecule has 1 N–H and O–H groups in total. The molecule has 0 bridgehead atoms. The minimum atomic E-state index is -0.409. The van der Waals surface area contributed by atoms with Gasteiger partial charge >= 0.3 is 0 Å². The molecular formula is C28H29N5O2S. The third-order valence-corrected chi connectivity index (χ3v) is 7.62. The second-order valence-corrected chi connectivity index (χ2v) is 9.90. The Bertz CT molecular complexity index is 1430. The van der Waals surface area contributed by atoms with Gasteiger partial charge in [-0.25, -0.2) is 0 Å². The largest absolute Gasteiger partial charge is 0.491 e. The average Bonchev–Trinajstić information content (AvgIpc) is 3.48. The van der Waals surface area contributed by atoms with Gasteiger partial charge in [0.1, 0.15) is 17.4 Å². The van der Waals surface area contributed by atoms with Crippen LogP contribution in [0.5, 0.6) is 5.75 Å². The molecule has 2 aliphatic rings. The van der Waals surface area contributed by atoms with Crippen molar-refractivity contribution in [2.24, 2.45) is 10.1 Å². The van der Waals surface area contributed by atoms with E-state index < -0.39 is 5.91 Å². The summed E-state index contributed by atoms with van der Waals surface area (Å²) >= 11 is 1.35. The predicted octanol–water partition coefficient (Wildman–Crippen LogP) is 6.26. The van der Waals surface area contributed by atoms with Crippen LogP contribution in [-0.4, -0.2) is 38.1 Å². The first kappa shape index (κ1) is 24.1. The number of carbonyl (C=O) groups is 1. The third-order valence-electron chi connectivity index (χ3n) is 6.57. The summed E-state index contributed by atoms with van der Waals surface area (Å²) in [4.78, 5) is 17.0. The van der Waals surface area contributed by atoms with Crippen LogP contribution in [0.25, 0.3) is 17.0 Å². The Morgan fingerprint density at radius 2 is 1.92 bits per heavy atom. The van der Waals surface area contributed by atoms with Crippen molar-refractivity contribution >= 4 is 50.7 Å². The summed E-state index contributed by atoms with van der Waals surface area (Å²) in [5.74, 6) is 1.01.